The number of thiazole rings is 1. The summed E-state index contributed by atoms with van der Waals surface area (Å²) in [6.45, 7) is 5.84. The number of anilines is 1. The van der Waals surface area contributed by atoms with Gasteiger partial charge in [0.1, 0.15) is 11.6 Å². The Bertz CT molecular complexity index is 1310. The summed E-state index contributed by atoms with van der Waals surface area (Å²) in [4.78, 5) is 44.8. The molecule has 1 aliphatic heterocycles. The summed E-state index contributed by atoms with van der Waals surface area (Å²) in [5, 5.41) is 8.20. The number of rotatable bonds is 6. The van der Waals surface area contributed by atoms with Crippen LogP contribution in [0.2, 0.25) is 0 Å². The van der Waals surface area contributed by atoms with Crippen LogP contribution < -0.4 is 10.6 Å². The van der Waals surface area contributed by atoms with Gasteiger partial charge in [-0.1, -0.05) is 42.5 Å². The molecule has 2 aromatic carbocycles. The molecular weight excluding hydrogens is 500 g/mol. The molecule has 3 aromatic rings. The second kappa shape index (κ2) is 10.6. The first kappa shape index (κ1) is 25.9. The molecule has 9 heteroatoms. The fourth-order valence-electron chi connectivity index (χ4n) is 4.51. The standard InChI is InChI=1S/C29H32N4O4S/c1-29(2,3)37-28(36)33-16-21(18-7-5-4-6-8-18)15-24(33)26(35)32-27-31-23(17-38-27)19-9-11-20(12-10-19)25(34)30-22-13-14-22/h4-12,17,21-22,24H,13-16H2,1-3H3,(H,30,34)(H,31,32,35)/t21-,24+/m1/s1. The van der Waals surface area contributed by atoms with Crippen molar-refractivity contribution in [2.75, 3.05) is 11.9 Å². The van der Waals surface area contributed by atoms with Gasteiger partial charge in [-0.3, -0.25) is 14.5 Å². The molecule has 198 valence electrons. The van der Waals surface area contributed by atoms with E-state index in [1.54, 1.807) is 12.1 Å². The Morgan fingerprint density at radius 1 is 1.03 bits per heavy atom. The number of benzene rings is 2. The van der Waals surface area contributed by atoms with Crippen LogP contribution in [-0.4, -0.2) is 52.0 Å². The molecule has 3 amide bonds. The third-order valence-electron chi connectivity index (χ3n) is 6.59. The van der Waals surface area contributed by atoms with Crippen LogP contribution in [0.15, 0.2) is 60.0 Å². The Balaban J connectivity index is 1.28. The predicted octanol–water partition coefficient (Wildman–Crippen LogP) is 5.43. The van der Waals surface area contributed by atoms with Crippen molar-refractivity contribution in [2.45, 2.75) is 63.6 Å². The highest BCUT2D eigenvalue weighted by atomic mass is 32.1. The lowest BCUT2D eigenvalue weighted by Gasteiger charge is -2.27. The van der Waals surface area contributed by atoms with Crippen molar-refractivity contribution in [3.63, 3.8) is 0 Å². The fraction of sp³-hybridized carbons (Fsp3) is 0.379. The van der Waals surface area contributed by atoms with E-state index >= 15 is 0 Å². The zero-order chi connectivity index (χ0) is 26.9. The van der Waals surface area contributed by atoms with Crippen LogP contribution in [-0.2, 0) is 9.53 Å². The minimum Gasteiger partial charge on any atom is -0.444 e. The van der Waals surface area contributed by atoms with Crippen molar-refractivity contribution in [3.8, 4) is 11.3 Å². The first-order valence-electron chi connectivity index (χ1n) is 12.9. The molecule has 5 rings (SSSR count). The summed E-state index contributed by atoms with van der Waals surface area (Å²) >= 11 is 1.32. The van der Waals surface area contributed by atoms with Gasteiger partial charge in [0.15, 0.2) is 5.13 Å². The predicted molar refractivity (Wildman–Crippen MR) is 147 cm³/mol. The lowest BCUT2D eigenvalue weighted by Crippen LogP contribution is -2.45. The van der Waals surface area contributed by atoms with Gasteiger partial charge in [0.25, 0.3) is 5.91 Å². The van der Waals surface area contributed by atoms with Gasteiger partial charge in [0.2, 0.25) is 5.91 Å². The normalized spacial score (nSPS) is 19.2. The summed E-state index contributed by atoms with van der Waals surface area (Å²) in [7, 11) is 0. The molecule has 1 saturated carbocycles. The number of likely N-dealkylation sites (tertiary alicyclic amines) is 1. The number of carbonyl (C=O) groups excluding carboxylic acids is 3. The molecule has 2 atom stereocenters. The van der Waals surface area contributed by atoms with Gasteiger partial charge >= 0.3 is 6.09 Å². The molecule has 2 fully saturated rings. The number of aromatic nitrogens is 1. The molecule has 38 heavy (non-hydrogen) atoms. The molecule has 0 spiro atoms. The van der Waals surface area contributed by atoms with E-state index in [0.717, 1.165) is 24.0 Å². The van der Waals surface area contributed by atoms with Crippen LogP contribution >= 0.6 is 11.3 Å². The van der Waals surface area contributed by atoms with E-state index in [-0.39, 0.29) is 17.7 Å². The van der Waals surface area contributed by atoms with Crippen molar-refractivity contribution < 1.29 is 19.1 Å². The quantitative estimate of drug-likeness (QED) is 0.441. The van der Waals surface area contributed by atoms with Crippen molar-refractivity contribution in [3.05, 3.63) is 71.1 Å². The van der Waals surface area contributed by atoms with Crippen LogP contribution in [0.3, 0.4) is 0 Å². The van der Waals surface area contributed by atoms with Crippen LogP contribution in [0, 0.1) is 0 Å². The van der Waals surface area contributed by atoms with Gasteiger partial charge in [-0.25, -0.2) is 9.78 Å². The minimum atomic E-state index is -0.674. The van der Waals surface area contributed by atoms with Gasteiger partial charge in [-0.15, -0.1) is 11.3 Å². The van der Waals surface area contributed by atoms with E-state index in [4.69, 9.17) is 4.74 Å². The maximum atomic E-state index is 13.4. The van der Waals surface area contributed by atoms with E-state index < -0.39 is 17.7 Å². The van der Waals surface area contributed by atoms with Gasteiger partial charge in [0, 0.05) is 35.0 Å². The Morgan fingerprint density at radius 2 is 1.74 bits per heavy atom. The number of amides is 3. The molecule has 1 aromatic heterocycles. The monoisotopic (exact) mass is 532 g/mol. The Kier molecular flexibility index (Phi) is 7.21. The largest absolute Gasteiger partial charge is 0.444 e. The lowest BCUT2D eigenvalue weighted by molar-refractivity contribution is -0.120. The number of carbonyl (C=O) groups is 3. The molecular formula is C29H32N4O4S. The van der Waals surface area contributed by atoms with E-state index in [0.29, 0.717) is 35.4 Å². The minimum absolute atomic E-state index is 0.0296. The van der Waals surface area contributed by atoms with Crippen molar-refractivity contribution in [1.82, 2.24) is 15.2 Å². The average Bonchev–Trinajstić information content (AvgIpc) is 3.38. The van der Waals surface area contributed by atoms with Crippen LogP contribution in [0.5, 0.6) is 0 Å². The molecule has 1 aliphatic carbocycles. The van der Waals surface area contributed by atoms with Crippen LogP contribution in [0.1, 0.15) is 61.9 Å². The van der Waals surface area contributed by atoms with Crippen LogP contribution in [0.25, 0.3) is 11.3 Å². The van der Waals surface area contributed by atoms with Crippen molar-refractivity contribution in [2.24, 2.45) is 0 Å². The lowest BCUT2D eigenvalue weighted by atomic mass is 9.96. The highest BCUT2D eigenvalue weighted by molar-refractivity contribution is 7.14. The van der Waals surface area contributed by atoms with E-state index in [1.807, 2.05) is 68.6 Å². The SMILES string of the molecule is CC(C)(C)OC(=O)N1C[C@H](c2ccccc2)C[C@H]1C(=O)Nc1nc(-c2ccc(C(=O)NC3CC3)cc2)cs1. The molecule has 0 radical (unpaired) electrons. The average molecular weight is 533 g/mol. The molecule has 2 N–H and O–H groups in total. The van der Waals surface area contributed by atoms with Crippen molar-refractivity contribution in [1.29, 1.82) is 0 Å². The number of nitrogens with zero attached hydrogens (tertiary/aromatic N) is 2. The Morgan fingerprint density at radius 3 is 2.39 bits per heavy atom. The van der Waals surface area contributed by atoms with Gasteiger partial charge in [-0.05, 0) is 57.7 Å². The number of hydrogen-bond acceptors (Lipinski definition) is 6. The molecule has 2 heterocycles. The van der Waals surface area contributed by atoms with Gasteiger partial charge in [0.05, 0.1) is 5.69 Å². The summed E-state index contributed by atoms with van der Waals surface area (Å²) < 4.78 is 5.61. The highest BCUT2D eigenvalue weighted by Gasteiger charge is 2.42. The fourth-order valence-corrected chi connectivity index (χ4v) is 5.24. The van der Waals surface area contributed by atoms with E-state index in [9.17, 15) is 14.4 Å². The molecule has 1 saturated heterocycles. The maximum Gasteiger partial charge on any atom is 0.410 e. The van der Waals surface area contributed by atoms with Crippen LogP contribution in [0.4, 0.5) is 9.93 Å². The Labute approximate surface area is 226 Å². The summed E-state index contributed by atoms with van der Waals surface area (Å²) in [6.07, 6.45) is 2.08. The smallest absolute Gasteiger partial charge is 0.410 e. The second-order valence-electron chi connectivity index (χ2n) is 10.8. The van der Waals surface area contributed by atoms with E-state index in [2.05, 4.69) is 15.6 Å². The zero-order valence-corrected chi connectivity index (χ0v) is 22.6. The zero-order valence-electron chi connectivity index (χ0n) is 21.8. The van der Waals surface area contributed by atoms with Crippen molar-refractivity contribution >= 4 is 34.4 Å². The molecule has 8 nitrogen and oxygen atoms in total. The summed E-state index contributed by atoms with van der Waals surface area (Å²) in [6, 6.07) is 16.8. The number of ether oxygens (including phenoxy) is 1. The number of nitrogens with one attached hydrogen (secondary N) is 2. The highest BCUT2D eigenvalue weighted by Crippen LogP contribution is 2.34. The van der Waals surface area contributed by atoms with Gasteiger partial charge < -0.3 is 15.4 Å². The first-order chi connectivity index (χ1) is 18.2. The summed E-state index contributed by atoms with van der Waals surface area (Å²) in [5.41, 5.74) is 2.59. The Hall–Kier alpha value is -3.72. The van der Waals surface area contributed by atoms with E-state index in [1.165, 1.54) is 16.2 Å². The third kappa shape index (κ3) is 6.22. The number of hydrogen-bond donors (Lipinski definition) is 2. The van der Waals surface area contributed by atoms with Gasteiger partial charge in [-0.2, -0.15) is 0 Å². The molecule has 0 unspecified atom stereocenters. The second-order valence-corrected chi connectivity index (χ2v) is 11.7. The first-order valence-corrected chi connectivity index (χ1v) is 13.8. The maximum absolute atomic E-state index is 13.4. The summed E-state index contributed by atoms with van der Waals surface area (Å²) in [5.74, 6) is -0.325. The molecule has 2 aliphatic rings. The molecule has 0 bridgehead atoms. The third-order valence-corrected chi connectivity index (χ3v) is 7.35. The topological polar surface area (TPSA) is 101 Å².